The fourth-order valence-electron chi connectivity index (χ4n) is 2.15. The number of nitrogens with zero attached hydrogens (tertiary/aromatic N) is 2. The van der Waals surface area contributed by atoms with Crippen LogP contribution in [0.1, 0.15) is 32.6 Å². The third-order valence-corrected chi connectivity index (χ3v) is 3.33. The van der Waals surface area contributed by atoms with Gasteiger partial charge in [-0.3, -0.25) is 0 Å². The third kappa shape index (κ3) is 3.85. The van der Waals surface area contributed by atoms with E-state index in [0.717, 1.165) is 18.0 Å². The molecule has 0 aliphatic carbocycles. The van der Waals surface area contributed by atoms with Crippen molar-refractivity contribution in [2.45, 2.75) is 39.2 Å². The van der Waals surface area contributed by atoms with Crippen LogP contribution in [-0.4, -0.2) is 11.7 Å². The summed E-state index contributed by atoms with van der Waals surface area (Å²) in [7, 11) is 1.69. The molecule has 0 bridgehead atoms. The maximum Gasteiger partial charge on any atom is 0.248 e. The maximum atomic E-state index is 5.17. The molecule has 2 aromatic rings. The Morgan fingerprint density at radius 2 is 1.89 bits per heavy atom. The second-order valence-electron chi connectivity index (χ2n) is 4.82. The fraction of sp³-hybridized carbons (Fsp3) is 0.438. The highest BCUT2D eigenvalue weighted by Crippen LogP contribution is 2.11. The fourth-order valence-corrected chi connectivity index (χ4v) is 2.15. The van der Waals surface area contributed by atoms with Crippen molar-refractivity contribution in [2.75, 3.05) is 7.11 Å². The molecule has 0 radical (unpaired) electrons. The average molecular weight is 259 g/mol. The lowest BCUT2D eigenvalue weighted by atomic mass is 10.2. The van der Waals surface area contributed by atoms with Crippen LogP contribution in [0.25, 0.3) is 5.69 Å². The lowest BCUT2D eigenvalue weighted by Crippen LogP contribution is -2.27. The Bertz CT molecular complexity index is 488. The van der Waals surface area contributed by atoms with Gasteiger partial charge in [-0.25, -0.2) is 9.13 Å². The molecule has 0 atom stereocenters. The molecule has 102 valence electrons. The van der Waals surface area contributed by atoms with Crippen molar-refractivity contribution in [1.29, 1.82) is 0 Å². The average Bonchev–Trinajstić information content (AvgIpc) is 2.92. The zero-order valence-corrected chi connectivity index (χ0v) is 11.9. The Morgan fingerprint density at radius 1 is 1.11 bits per heavy atom. The van der Waals surface area contributed by atoms with Crippen LogP contribution >= 0.6 is 0 Å². The van der Waals surface area contributed by atoms with Gasteiger partial charge in [0, 0.05) is 0 Å². The van der Waals surface area contributed by atoms with E-state index >= 15 is 0 Å². The number of benzene rings is 1. The smallest absolute Gasteiger partial charge is 0.248 e. The molecule has 3 nitrogen and oxygen atoms in total. The van der Waals surface area contributed by atoms with Gasteiger partial charge in [0.15, 0.2) is 0 Å². The molecule has 0 N–H and O–H groups in total. The molecule has 0 amide bonds. The molecule has 0 unspecified atom stereocenters. The quantitative estimate of drug-likeness (QED) is 0.551. The molecule has 2 rings (SSSR count). The minimum absolute atomic E-state index is 0.892. The molecule has 1 aromatic carbocycles. The van der Waals surface area contributed by atoms with Crippen molar-refractivity contribution in [3.8, 4) is 11.4 Å². The second-order valence-corrected chi connectivity index (χ2v) is 4.82. The van der Waals surface area contributed by atoms with E-state index in [1.54, 1.807) is 7.11 Å². The van der Waals surface area contributed by atoms with E-state index in [-0.39, 0.29) is 0 Å². The van der Waals surface area contributed by atoms with Crippen LogP contribution in [0.2, 0.25) is 0 Å². The molecule has 0 saturated heterocycles. The number of aromatic nitrogens is 2. The number of hydrogen-bond acceptors (Lipinski definition) is 1. The van der Waals surface area contributed by atoms with Gasteiger partial charge in [-0.2, -0.15) is 0 Å². The molecule has 3 heteroatoms. The summed E-state index contributed by atoms with van der Waals surface area (Å²) in [5, 5.41) is 0. The number of hydrogen-bond donors (Lipinski definition) is 0. The Balaban J connectivity index is 1.95. The van der Waals surface area contributed by atoms with Crippen molar-refractivity contribution < 1.29 is 9.30 Å². The van der Waals surface area contributed by atoms with Gasteiger partial charge in [0.1, 0.15) is 23.8 Å². The summed E-state index contributed by atoms with van der Waals surface area (Å²) in [5.74, 6) is 0.892. The van der Waals surface area contributed by atoms with E-state index in [1.165, 1.54) is 25.7 Å². The number of aryl methyl sites for hydroxylation is 1. The lowest BCUT2D eigenvalue weighted by molar-refractivity contribution is -0.595. The third-order valence-electron chi connectivity index (χ3n) is 3.33. The molecular weight excluding hydrogens is 236 g/mol. The van der Waals surface area contributed by atoms with Gasteiger partial charge in [-0.1, -0.05) is 19.8 Å². The second kappa shape index (κ2) is 6.98. The van der Waals surface area contributed by atoms with Gasteiger partial charge in [-0.05, 0) is 37.1 Å². The van der Waals surface area contributed by atoms with Crippen molar-refractivity contribution in [1.82, 2.24) is 4.57 Å². The van der Waals surface area contributed by atoms with E-state index in [2.05, 4.69) is 46.9 Å². The molecule has 0 aliphatic heterocycles. The van der Waals surface area contributed by atoms with Crippen molar-refractivity contribution in [2.24, 2.45) is 0 Å². The minimum atomic E-state index is 0.892. The molecule has 1 heterocycles. The summed E-state index contributed by atoms with van der Waals surface area (Å²) >= 11 is 0. The number of ether oxygens (including phenoxy) is 1. The van der Waals surface area contributed by atoms with E-state index in [0.29, 0.717) is 0 Å². The molecule has 0 aliphatic rings. The van der Waals surface area contributed by atoms with Crippen LogP contribution in [0.5, 0.6) is 5.75 Å². The largest absolute Gasteiger partial charge is 0.497 e. The van der Waals surface area contributed by atoms with Crippen molar-refractivity contribution in [3.63, 3.8) is 0 Å². The Kier molecular flexibility index (Phi) is 5.01. The first-order chi connectivity index (χ1) is 9.33. The summed E-state index contributed by atoms with van der Waals surface area (Å²) in [6.07, 6.45) is 11.6. The van der Waals surface area contributed by atoms with Gasteiger partial charge in [-0.15, -0.1) is 0 Å². The molecular formula is C16H23N2O+. The molecule has 0 spiro atoms. The van der Waals surface area contributed by atoms with Gasteiger partial charge >= 0.3 is 0 Å². The van der Waals surface area contributed by atoms with E-state index in [1.807, 2.05) is 12.1 Å². The van der Waals surface area contributed by atoms with Gasteiger partial charge in [0.05, 0.1) is 13.7 Å². The molecule has 0 fully saturated rings. The first kappa shape index (κ1) is 13.7. The maximum absolute atomic E-state index is 5.17. The summed E-state index contributed by atoms with van der Waals surface area (Å²) in [4.78, 5) is 0. The normalized spacial score (nSPS) is 10.6. The summed E-state index contributed by atoms with van der Waals surface area (Å²) < 4.78 is 9.56. The van der Waals surface area contributed by atoms with Gasteiger partial charge < -0.3 is 4.74 Å². The van der Waals surface area contributed by atoms with Crippen LogP contribution in [0.15, 0.2) is 43.0 Å². The first-order valence-corrected chi connectivity index (χ1v) is 7.05. The summed E-state index contributed by atoms with van der Waals surface area (Å²) in [6.45, 7) is 3.34. The van der Waals surface area contributed by atoms with Crippen LogP contribution < -0.4 is 9.30 Å². The molecule has 19 heavy (non-hydrogen) atoms. The SMILES string of the molecule is CCCCCCn1cc[n+](-c2ccc(OC)cc2)c1. The predicted octanol–water partition coefficient (Wildman–Crippen LogP) is 3.35. The molecule has 0 saturated carbocycles. The summed E-state index contributed by atoms with van der Waals surface area (Å²) in [6, 6.07) is 8.11. The van der Waals surface area contributed by atoms with E-state index in [4.69, 9.17) is 4.74 Å². The zero-order valence-electron chi connectivity index (χ0n) is 11.9. The number of unbranched alkanes of at least 4 members (excludes halogenated alkanes) is 3. The van der Waals surface area contributed by atoms with Crippen molar-refractivity contribution >= 4 is 0 Å². The van der Waals surface area contributed by atoms with Crippen LogP contribution in [0, 0.1) is 0 Å². The van der Waals surface area contributed by atoms with E-state index in [9.17, 15) is 0 Å². The number of imidazole rings is 1. The van der Waals surface area contributed by atoms with Crippen LogP contribution in [0.3, 0.4) is 0 Å². The Hall–Kier alpha value is -1.77. The van der Waals surface area contributed by atoms with E-state index < -0.39 is 0 Å². The van der Waals surface area contributed by atoms with Crippen LogP contribution in [0.4, 0.5) is 0 Å². The first-order valence-electron chi connectivity index (χ1n) is 7.05. The van der Waals surface area contributed by atoms with Crippen molar-refractivity contribution in [3.05, 3.63) is 43.0 Å². The number of methoxy groups -OCH3 is 1. The Labute approximate surface area is 115 Å². The topological polar surface area (TPSA) is 18.0 Å². The standard InChI is InChI=1S/C16H23N2O/c1-3-4-5-6-11-17-12-13-18(14-17)15-7-9-16(19-2)10-8-15/h7-10,12-14H,3-6,11H2,1-2H3/q+1. The van der Waals surface area contributed by atoms with Crippen LogP contribution in [-0.2, 0) is 6.54 Å². The highest BCUT2D eigenvalue weighted by molar-refractivity contribution is 5.31. The zero-order chi connectivity index (χ0) is 13.5. The highest BCUT2D eigenvalue weighted by atomic mass is 16.5. The minimum Gasteiger partial charge on any atom is -0.497 e. The highest BCUT2D eigenvalue weighted by Gasteiger charge is 2.06. The summed E-state index contributed by atoms with van der Waals surface area (Å²) in [5.41, 5.74) is 1.16. The van der Waals surface area contributed by atoms with Gasteiger partial charge in [0.2, 0.25) is 6.33 Å². The Morgan fingerprint density at radius 3 is 2.58 bits per heavy atom. The molecule has 1 aromatic heterocycles. The lowest BCUT2D eigenvalue weighted by Gasteiger charge is -1.99. The van der Waals surface area contributed by atoms with Gasteiger partial charge in [0.25, 0.3) is 0 Å². The monoisotopic (exact) mass is 259 g/mol. The predicted molar refractivity (Wildman–Crippen MR) is 76.7 cm³/mol. The number of rotatable bonds is 7.